The van der Waals surface area contributed by atoms with Crippen LogP contribution in [-0.4, -0.2) is 48.2 Å². The van der Waals surface area contributed by atoms with Crippen LogP contribution >= 0.6 is 0 Å². The van der Waals surface area contributed by atoms with Crippen LogP contribution in [0, 0.1) is 19.7 Å². The van der Waals surface area contributed by atoms with Crippen LogP contribution in [0.4, 0.5) is 24.8 Å². The molecule has 4 aromatic heterocycles. The molecule has 0 saturated heterocycles. The Morgan fingerprint density at radius 2 is 1.91 bits per heavy atom. The Morgan fingerprint density at radius 1 is 1.09 bits per heavy atom. The van der Waals surface area contributed by atoms with Gasteiger partial charge in [-0.25, -0.2) is 32.5 Å². The summed E-state index contributed by atoms with van der Waals surface area (Å²) in [6.45, 7) is 4.29. The van der Waals surface area contributed by atoms with Crippen LogP contribution in [0.1, 0.15) is 23.4 Å². The van der Waals surface area contributed by atoms with E-state index in [1.54, 1.807) is 24.8 Å². The number of rotatable bonds is 8. The first-order chi connectivity index (χ1) is 15.9. The molecule has 0 amide bonds. The minimum absolute atomic E-state index is 0.192. The molecule has 33 heavy (non-hydrogen) atoms. The largest absolute Gasteiger partial charge is 0.383 e. The highest BCUT2D eigenvalue weighted by molar-refractivity contribution is 5.69. The average Bonchev–Trinajstić information content (AvgIpc) is 3.34. The van der Waals surface area contributed by atoms with E-state index in [0.29, 0.717) is 41.9 Å². The fourth-order valence-corrected chi connectivity index (χ4v) is 3.32. The molecule has 1 N–H and O–H groups in total. The van der Waals surface area contributed by atoms with E-state index in [-0.39, 0.29) is 11.5 Å². The number of hydrogen-bond acceptors (Lipinski definition) is 7. The smallest absolute Gasteiger partial charge is 0.280 e. The molecule has 0 bridgehead atoms. The van der Waals surface area contributed by atoms with Gasteiger partial charge in [-0.3, -0.25) is 4.98 Å². The van der Waals surface area contributed by atoms with Crippen molar-refractivity contribution < 1.29 is 17.9 Å². The number of ether oxygens (including phenoxy) is 1. The van der Waals surface area contributed by atoms with Crippen molar-refractivity contribution in [2.45, 2.75) is 26.8 Å². The predicted octanol–water partition coefficient (Wildman–Crippen LogP) is 4.00. The van der Waals surface area contributed by atoms with Crippen LogP contribution in [-0.2, 0) is 11.3 Å². The monoisotopic (exact) mass is 458 g/mol. The third-order valence-corrected chi connectivity index (χ3v) is 4.87. The van der Waals surface area contributed by atoms with E-state index >= 15 is 0 Å². The van der Waals surface area contributed by atoms with Crippen molar-refractivity contribution in [2.24, 2.45) is 0 Å². The van der Waals surface area contributed by atoms with Gasteiger partial charge in [0.05, 0.1) is 30.7 Å². The van der Waals surface area contributed by atoms with Crippen LogP contribution in [0.5, 0.6) is 0 Å². The molecule has 0 radical (unpaired) electrons. The highest BCUT2D eigenvalue weighted by atomic mass is 19.3. The Hall–Kier alpha value is -3.80. The molecule has 4 heterocycles. The summed E-state index contributed by atoms with van der Waals surface area (Å²) in [7, 11) is 1.58. The van der Waals surface area contributed by atoms with E-state index in [1.807, 2.05) is 6.92 Å². The second-order valence-corrected chi connectivity index (χ2v) is 7.21. The fourth-order valence-electron chi connectivity index (χ4n) is 3.32. The number of alkyl halides is 2. The van der Waals surface area contributed by atoms with Gasteiger partial charge in [0.2, 0.25) is 0 Å². The highest BCUT2D eigenvalue weighted by Crippen LogP contribution is 2.29. The van der Waals surface area contributed by atoms with Gasteiger partial charge in [-0.05, 0) is 32.0 Å². The maximum Gasteiger partial charge on any atom is 0.280 e. The molecule has 0 aromatic carbocycles. The molecular weight excluding hydrogens is 437 g/mol. The second kappa shape index (κ2) is 9.36. The van der Waals surface area contributed by atoms with Gasteiger partial charge in [-0.2, -0.15) is 10.2 Å². The Labute approximate surface area is 187 Å². The first-order valence-corrected chi connectivity index (χ1v) is 9.99. The maximum absolute atomic E-state index is 13.4. The van der Waals surface area contributed by atoms with Gasteiger partial charge in [-0.1, -0.05) is 0 Å². The van der Waals surface area contributed by atoms with Gasteiger partial charge in [0.25, 0.3) is 6.43 Å². The van der Waals surface area contributed by atoms with E-state index in [0.717, 1.165) is 16.4 Å². The third kappa shape index (κ3) is 4.70. The minimum Gasteiger partial charge on any atom is -0.383 e. The topological polar surface area (TPSA) is 95.6 Å². The van der Waals surface area contributed by atoms with Crippen molar-refractivity contribution in [3.05, 3.63) is 59.6 Å². The Balaban J connectivity index is 1.71. The van der Waals surface area contributed by atoms with E-state index in [1.165, 1.54) is 24.5 Å². The quantitative estimate of drug-likeness (QED) is 0.426. The minimum atomic E-state index is -2.71. The molecule has 9 nitrogen and oxygen atoms in total. The summed E-state index contributed by atoms with van der Waals surface area (Å²) in [4.78, 5) is 12.4. The number of halogens is 3. The molecule has 0 fully saturated rings. The summed E-state index contributed by atoms with van der Waals surface area (Å²) >= 11 is 0. The molecule has 0 spiro atoms. The van der Waals surface area contributed by atoms with Crippen molar-refractivity contribution in [1.82, 2.24) is 34.5 Å². The molecule has 4 rings (SSSR count). The van der Waals surface area contributed by atoms with Crippen molar-refractivity contribution in [1.29, 1.82) is 0 Å². The van der Waals surface area contributed by atoms with Crippen LogP contribution in [0.2, 0.25) is 0 Å². The van der Waals surface area contributed by atoms with Crippen LogP contribution < -0.4 is 5.32 Å². The first kappa shape index (κ1) is 22.4. The van der Waals surface area contributed by atoms with Crippen molar-refractivity contribution in [2.75, 3.05) is 19.0 Å². The lowest BCUT2D eigenvalue weighted by molar-refractivity contribution is 0.142. The van der Waals surface area contributed by atoms with Gasteiger partial charge < -0.3 is 10.1 Å². The zero-order chi connectivity index (χ0) is 23.5. The van der Waals surface area contributed by atoms with Gasteiger partial charge in [0.1, 0.15) is 35.2 Å². The van der Waals surface area contributed by atoms with Gasteiger partial charge in [0, 0.05) is 18.7 Å². The Morgan fingerprint density at radius 3 is 2.61 bits per heavy atom. The third-order valence-electron chi connectivity index (χ3n) is 4.87. The van der Waals surface area contributed by atoms with Crippen molar-refractivity contribution in [3.8, 4) is 17.2 Å². The SMILES string of the molecule is COCCn1nc(-c2ccc(F)cn2)c(C)c1Nc1cc(-n2nc(C)cc2C(F)F)ncn1. The zero-order valence-corrected chi connectivity index (χ0v) is 18.1. The molecule has 0 saturated carbocycles. The molecule has 172 valence electrons. The van der Waals surface area contributed by atoms with Crippen molar-refractivity contribution >= 4 is 11.6 Å². The summed E-state index contributed by atoms with van der Waals surface area (Å²) in [6, 6.07) is 5.68. The maximum atomic E-state index is 13.4. The van der Waals surface area contributed by atoms with Crippen molar-refractivity contribution in [3.63, 3.8) is 0 Å². The summed E-state index contributed by atoms with van der Waals surface area (Å²) in [5, 5.41) is 11.9. The summed E-state index contributed by atoms with van der Waals surface area (Å²) in [6.07, 6.45) is -0.321. The lowest BCUT2D eigenvalue weighted by Crippen LogP contribution is -2.11. The van der Waals surface area contributed by atoms with Crippen LogP contribution in [0.15, 0.2) is 36.8 Å². The number of anilines is 2. The lowest BCUT2D eigenvalue weighted by Gasteiger charge is -2.11. The van der Waals surface area contributed by atoms with Gasteiger partial charge >= 0.3 is 0 Å². The standard InChI is InChI=1S/C21H21F3N8O/c1-12-8-16(20(23)24)32(29-12)18-9-17(26-11-27-18)28-21-13(2)19(30-31(21)6-7-33-3)15-5-4-14(22)10-25-15/h4-5,8-11,20H,6-7H2,1-3H3,(H,26,27,28). The van der Waals surface area contributed by atoms with E-state index in [9.17, 15) is 13.2 Å². The van der Waals surface area contributed by atoms with Gasteiger partial charge in [0.15, 0.2) is 5.82 Å². The summed E-state index contributed by atoms with van der Waals surface area (Å²) in [5.74, 6) is 0.702. The Kier molecular flexibility index (Phi) is 6.36. The molecule has 12 heteroatoms. The zero-order valence-electron chi connectivity index (χ0n) is 18.1. The molecule has 0 aliphatic heterocycles. The van der Waals surface area contributed by atoms with Gasteiger partial charge in [-0.15, -0.1) is 0 Å². The van der Waals surface area contributed by atoms with E-state index in [2.05, 4.69) is 30.5 Å². The number of methoxy groups -OCH3 is 1. The normalized spacial score (nSPS) is 11.4. The van der Waals surface area contributed by atoms with E-state index < -0.39 is 12.2 Å². The number of aromatic nitrogens is 7. The summed E-state index contributed by atoms with van der Waals surface area (Å²) in [5.41, 5.74) is 2.00. The Bertz CT molecular complexity index is 1250. The highest BCUT2D eigenvalue weighted by Gasteiger charge is 2.20. The number of pyridine rings is 1. The molecule has 0 aliphatic carbocycles. The lowest BCUT2D eigenvalue weighted by atomic mass is 10.2. The van der Waals surface area contributed by atoms with Crippen LogP contribution in [0.25, 0.3) is 17.2 Å². The molecular formula is C21H21F3N8O. The predicted molar refractivity (Wildman–Crippen MR) is 114 cm³/mol. The van der Waals surface area contributed by atoms with Crippen LogP contribution in [0.3, 0.4) is 0 Å². The first-order valence-electron chi connectivity index (χ1n) is 9.99. The molecule has 0 atom stereocenters. The number of aryl methyl sites for hydroxylation is 1. The fraction of sp³-hybridized carbons (Fsp3) is 0.286. The molecule has 0 unspecified atom stereocenters. The number of hydrogen-bond donors (Lipinski definition) is 1. The average molecular weight is 458 g/mol. The molecule has 4 aromatic rings. The second-order valence-electron chi connectivity index (χ2n) is 7.21. The number of nitrogens with one attached hydrogen (secondary N) is 1. The molecule has 0 aliphatic rings. The number of nitrogens with zero attached hydrogens (tertiary/aromatic N) is 7. The van der Waals surface area contributed by atoms with E-state index in [4.69, 9.17) is 4.74 Å². The summed E-state index contributed by atoms with van der Waals surface area (Å²) < 4.78 is 48.1.